The average molecular weight is 383 g/mol. The van der Waals surface area contributed by atoms with E-state index in [0.717, 1.165) is 11.5 Å². The van der Waals surface area contributed by atoms with Crippen LogP contribution in [0.3, 0.4) is 0 Å². The van der Waals surface area contributed by atoms with Gasteiger partial charge in [0.1, 0.15) is 17.6 Å². The third-order valence-corrected chi connectivity index (χ3v) is 9.72. The Labute approximate surface area is 155 Å². The maximum atomic E-state index is 13.3. The van der Waals surface area contributed by atoms with E-state index < -0.39 is 27.3 Å². The van der Waals surface area contributed by atoms with Crippen LogP contribution in [0, 0.1) is 5.41 Å². The number of ketones is 1. The minimum Gasteiger partial charge on any atom is -0.457 e. The second-order valence-electron chi connectivity index (χ2n) is 7.65. The highest BCUT2D eigenvalue weighted by Gasteiger charge is 2.75. The lowest BCUT2D eigenvalue weighted by Gasteiger charge is -2.59. The Morgan fingerprint density at radius 2 is 1.80 bits per heavy atom. The zero-order valence-corrected chi connectivity index (χ0v) is 16.1. The number of carbonyl (C=O) groups excluding carboxylic acids is 3. The molecule has 0 bridgehead atoms. The first-order valence-corrected chi connectivity index (χ1v) is 10.8. The van der Waals surface area contributed by atoms with E-state index in [1.807, 2.05) is 19.9 Å². The van der Waals surface area contributed by atoms with Crippen molar-refractivity contribution in [1.29, 1.82) is 0 Å². The van der Waals surface area contributed by atoms with E-state index in [9.17, 15) is 14.4 Å². The van der Waals surface area contributed by atoms with E-state index in [4.69, 9.17) is 9.47 Å². The molecule has 5 nitrogen and oxygen atoms in total. The van der Waals surface area contributed by atoms with Gasteiger partial charge in [-0.1, -0.05) is 6.08 Å². The lowest BCUT2D eigenvalue weighted by molar-refractivity contribution is -0.205. The van der Waals surface area contributed by atoms with E-state index in [1.165, 1.54) is 6.08 Å². The molecule has 4 aliphatic rings. The highest BCUT2D eigenvalue weighted by atomic mass is 32.2. The van der Waals surface area contributed by atoms with Crippen molar-refractivity contribution >= 4 is 41.2 Å². The molecule has 4 rings (SSSR count). The van der Waals surface area contributed by atoms with Gasteiger partial charge in [-0.25, -0.2) is 4.79 Å². The third-order valence-electron chi connectivity index (χ3n) is 6.79. The van der Waals surface area contributed by atoms with Gasteiger partial charge in [-0.3, -0.25) is 9.59 Å². The van der Waals surface area contributed by atoms with Crippen molar-refractivity contribution < 1.29 is 23.9 Å². The van der Waals surface area contributed by atoms with Crippen LogP contribution in [0.4, 0.5) is 0 Å². The van der Waals surface area contributed by atoms with Gasteiger partial charge < -0.3 is 9.47 Å². The molecule has 0 aromatic rings. The van der Waals surface area contributed by atoms with Crippen LogP contribution in [0.25, 0.3) is 0 Å². The molecule has 4 aliphatic heterocycles. The smallest absolute Gasteiger partial charge is 0.331 e. The fraction of sp³-hybridized carbons (Fsp3) is 0.722. The molecular weight excluding hydrogens is 360 g/mol. The van der Waals surface area contributed by atoms with E-state index in [-0.39, 0.29) is 18.2 Å². The van der Waals surface area contributed by atoms with Crippen molar-refractivity contribution in [3.05, 3.63) is 12.2 Å². The molecule has 2 spiro atoms. The van der Waals surface area contributed by atoms with Gasteiger partial charge in [0.15, 0.2) is 5.78 Å². The molecule has 4 unspecified atom stereocenters. The van der Waals surface area contributed by atoms with Crippen molar-refractivity contribution in [3.8, 4) is 0 Å². The molecule has 0 aliphatic carbocycles. The lowest BCUT2D eigenvalue weighted by atomic mass is 9.55. The Morgan fingerprint density at radius 3 is 2.48 bits per heavy atom. The van der Waals surface area contributed by atoms with Gasteiger partial charge in [0, 0.05) is 18.2 Å². The maximum absolute atomic E-state index is 13.3. The van der Waals surface area contributed by atoms with Gasteiger partial charge in [-0.05, 0) is 38.2 Å². The van der Waals surface area contributed by atoms with Gasteiger partial charge in [0.05, 0.1) is 10.2 Å². The fourth-order valence-electron chi connectivity index (χ4n) is 5.09. The van der Waals surface area contributed by atoms with Crippen molar-refractivity contribution in [2.24, 2.45) is 5.41 Å². The quantitative estimate of drug-likeness (QED) is 0.510. The van der Waals surface area contributed by atoms with E-state index in [2.05, 4.69) is 0 Å². The van der Waals surface area contributed by atoms with Crippen LogP contribution in [0.15, 0.2) is 12.2 Å². The molecule has 0 N–H and O–H groups in total. The van der Waals surface area contributed by atoms with Crippen LogP contribution in [-0.2, 0) is 23.9 Å². The summed E-state index contributed by atoms with van der Waals surface area (Å²) in [6.07, 6.45) is 5.10. The van der Waals surface area contributed by atoms with Crippen LogP contribution < -0.4 is 0 Å². The number of hydrogen-bond donors (Lipinski definition) is 0. The van der Waals surface area contributed by atoms with Crippen LogP contribution in [0.5, 0.6) is 0 Å². The number of hydrogen-bond acceptors (Lipinski definition) is 7. The molecule has 136 valence electrons. The lowest BCUT2D eigenvalue weighted by Crippen LogP contribution is -2.72. The molecule has 0 radical (unpaired) electrons. The van der Waals surface area contributed by atoms with Crippen molar-refractivity contribution in [1.82, 2.24) is 0 Å². The second kappa shape index (κ2) is 5.52. The summed E-state index contributed by atoms with van der Waals surface area (Å²) in [5.74, 6) is 1.45. The Bertz CT molecular complexity index is 683. The summed E-state index contributed by atoms with van der Waals surface area (Å²) in [5.41, 5.74) is -2.42. The summed E-state index contributed by atoms with van der Waals surface area (Å²) in [6, 6.07) is 0. The predicted octanol–water partition coefficient (Wildman–Crippen LogP) is 2.52. The topological polar surface area (TPSA) is 69.7 Å². The molecule has 0 aromatic heterocycles. The first kappa shape index (κ1) is 17.5. The second-order valence-corrected chi connectivity index (χ2v) is 10.3. The van der Waals surface area contributed by atoms with Crippen LogP contribution in [0.1, 0.15) is 39.5 Å². The van der Waals surface area contributed by atoms with Crippen LogP contribution >= 0.6 is 23.5 Å². The minimum absolute atomic E-state index is 0.0758. The van der Waals surface area contributed by atoms with E-state index >= 15 is 0 Å². The maximum Gasteiger partial charge on any atom is 0.331 e. The Morgan fingerprint density at radius 1 is 1.04 bits per heavy atom. The summed E-state index contributed by atoms with van der Waals surface area (Å²) >= 11 is 3.41. The highest BCUT2D eigenvalue weighted by molar-refractivity contribution is 8.01. The standard InChI is InChI=1S/C18H22O5S2/c1-15(12(19)10-14(21)23-18(15)6-8-24-11-18)16(2)17(7-9-25-16)5-3-4-13(20)22-17/h3-4H,5-11H2,1-2H3. The molecule has 0 saturated carbocycles. The first-order valence-electron chi connectivity index (χ1n) is 8.65. The SMILES string of the molecule is CC1(C2(C)C(=O)CC(=O)OC23CCSC3)SCCC12CC=CC(=O)O2. The molecule has 25 heavy (non-hydrogen) atoms. The highest BCUT2D eigenvalue weighted by Crippen LogP contribution is 2.66. The van der Waals surface area contributed by atoms with Gasteiger partial charge in [-0.15, -0.1) is 11.8 Å². The molecule has 0 amide bonds. The predicted molar refractivity (Wildman–Crippen MR) is 96.6 cm³/mol. The molecule has 7 heteroatoms. The van der Waals surface area contributed by atoms with E-state index in [0.29, 0.717) is 25.0 Å². The number of rotatable bonds is 1. The largest absolute Gasteiger partial charge is 0.457 e. The van der Waals surface area contributed by atoms with Gasteiger partial charge >= 0.3 is 11.9 Å². The van der Waals surface area contributed by atoms with Crippen molar-refractivity contribution in [3.63, 3.8) is 0 Å². The molecule has 4 heterocycles. The van der Waals surface area contributed by atoms with Gasteiger partial charge in [-0.2, -0.15) is 11.8 Å². The summed E-state index contributed by atoms with van der Waals surface area (Å²) in [7, 11) is 0. The number of Topliss-reactive ketones (excluding diaryl/α,β-unsaturated/α-hetero) is 1. The summed E-state index contributed by atoms with van der Waals surface area (Å²) in [6.45, 7) is 3.98. The normalized spacial score (nSPS) is 46.7. The van der Waals surface area contributed by atoms with Gasteiger partial charge in [0.2, 0.25) is 0 Å². The Balaban J connectivity index is 1.87. The first-order chi connectivity index (χ1) is 11.8. The zero-order chi connectivity index (χ0) is 17.9. The number of thioether (sulfide) groups is 2. The van der Waals surface area contributed by atoms with Crippen LogP contribution in [-0.4, -0.2) is 50.9 Å². The van der Waals surface area contributed by atoms with Crippen molar-refractivity contribution in [2.75, 3.05) is 17.3 Å². The average Bonchev–Trinajstić information content (AvgIpc) is 3.12. The van der Waals surface area contributed by atoms with Crippen molar-refractivity contribution in [2.45, 2.75) is 55.5 Å². The Kier molecular flexibility index (Phi) is 3.86. The summed E-state index contributed by atoms with van der Waals surface area (Å²) in [5, 5.41) is 0. The summed E-state index contributed by atoms with van der Waals surface area (Å²) < 4.78 is 11.2. The van der Waals surface area contributed by atoms with E-state index in [1.54, 1.807) is 23.5 Å². The minimum atomic E-state index is -0.885. The van der Waals surface area contributed by atoms with Gasteiger partial charge in [0.25, 0.3) is 0 Å². The third kappa shape index (κ3) is 2.08. The number of carbonyl (C=O) groups is 3. The molecular formula is C18H22O5S2. The molecule has 4 atom stereocenters. The molecule has 0 aromatic carbocycles. The molecule has 3 saturated heterocycles. The fourth-order valence-corrected chi connectivity index (χ4v) is 8.45. The monoisotopic (exact) mass is 382 g/mol. The number of esters is 2. The molecule has 3 fully saturated rings. The number of ether oxygens (including phenoxy) is 2. The zero-order valence-electron chi connectivity index (χ0n) is 14.5. The van der Waals surface area contributed by atoms with Crippen LogP contribution in [0.2, 0.25) is 0 Å². The Hall–Kier alpha value is -0.950. The summed E-state index contributed by atoms with van der Waals surface area (Å²) in [4.78, 5) is 37.5.